The minimum absolute atomic E-state index is 0.272. The molecule has 0 aliphatic carbocycles. The number of carbonyl (C=O) groups is 1. The van der Waals surface area contributed by atoms with Gasteiger partial charge in [0.25, 0.3) is 0 Å². The van der Waals surface area contributed by atoms with Crippen LogP contribution in [-0.4, -0.2) is 19.1 Å². The summed E-state index contributed by atoms with van der Waals surface area (Å²) in [6, 6.07) is 3.99. The summed E-state index contributed by atoms with van der Waals surface area (Å²) in [5, 5.41) is 5.55. The van der Waals surface area contributed by atoms with E-state index in [4.69, 9.17) is 5.73 Å². The van der Waals surface area contributed by atoms with Crippen LogP contribution < -0.4 is 16.4 Å². The highest BCUT2D eigenvalue weighted by molar-refractivity contribution is 9.10. The molecule has 4 N–H and O–H groups in total. The molecule has 0 saturated carbocycles. The lowest BCUT2D eigenvalue weighted by Gasteiger charge is -2.07. The lowest BCUT2D eigenvalue weighted by molar-refractivity contribution is 0.249. The number of carbonyl (C=O) groups excluding carboxylic acids is 1. The Hall–Kier alpha value is -1.14. The third-order valence-electron chi connectivity index (χ3n) is 1.93. The lowest BCUT2D eigenvalue weighted by atomic mass is 10.2. The molecule has 0 aliphatic heterocycles. The SMILES string of the molecule is NC(=O)NCCNCc1ccc(F)cc1Br. The summed E-state index contributed by atoms with van der Waals surface area (Å²) in [6.45, 7) is 1.67. The van der Waals surface area contributed by atoms with Crippen molar-refractivity contribution in [2.75, 3.05) is 13.1 Å². The van der Waals surface area contributed by atoms with Gasteiger partial charge in [-0.3, -0.25) is 0 Å². The number of primary amides is 1. The normalized spacial score (nSPS) is 10.1. The molecule has 0 saturated heterocycles. The molecule has 0 unspecified atom stereocenters. The molecule has 0 radical (unpaired) electrons. The number of halogens is 2. The Balaban J connectivity index is 2.29. The Kier molecular flexibility index (Phi) is 5.21. The van der Waals surface area contributed by atoms with Crippen LogP contribution in [0.25, 0.3) is 0 Å². The fourth-order valence-corrected chi connectivity index (χ4v) is 1.65. The molecule has 0 fully saturated rings. The number of urea groups is 1. The van der Waals surface area contributed by atoms with Crippen molar-refractivity contribution in [3.63, 3.8) is 0 Å². The first-order valence-corrected chi connectivity index (χ1v) is 5.57. The first kappa shape index (κ1) is 12.9. The molecule has 0 atom stereocenters. The van der Waals surface area contributed by atoms with E-state index in [1.165, 1.54) is 12.1 Å². The van der Waals surface area contributed by atoms with Gasteiger partial charge in [-0.05, 0) is 17.7 Å². The second kappa shape index (κ2) is 6.44. The van der Waals surface area contributed by atoms with E-state index in [9.17, 15) is 9.18 Å². The van der Waals surface area contributed by atoms with E-state index in [0.29, 0.717) is 19.6 Å². The van der Waals surface area contributed by atoms with E-state index in [-0.39, 0.29) is 5.82 Å². The Bertz CT molecular complexity index is 373. The topological polar surface area (TPSA) is 67.2 Å². The summed E-state index contributed by atoms with van der Waals surface area (Å²) in [5.41, 5.74) is 5.86. The molecule has 0 bridgehead atoms. The summed E-state index contributed by atoms with van der Waals surface area (Å²) < 4.78 is 13.5. The van der Waals surface area contributed by atoms with Crippen LogP contribution in [0.2, 0.25) is 0 Å². The van der Waals surface area contributed by atoms with Crippen LogP contribution in [0.1, 0.15) is 5.56 Å². The van der Waals surface area contributed by atoms with Gasteiger partial charge in [-0.15, -0.1) is 0 Å². The number of amides is 2. The van der Waals surface area contributed by atoms with Gasteiger partial charge in [-0.1, -0.05) is 22.0 Å². The molecule has 6 heteroatoms. The quantitative estimate of drug-likeness (QED) is 0.716. The van der Waals surface area contributed by atoms with Crippen LogP contribution in [0.5, 0.6) is 0 Å². The number of rotatable bonds is 5. The number of hydrogen-bond acceptors (Lipinski definition) is 2. The zero-order chi connectivity index (χ0) is 12.0. The molecular weight excluding hydrogens is 277 g/mol. The van der Waals surface area contributed by atoms with Gasteiger partial charge in [-0.25, -0.2) is 9.18 Å². The van der Waals surface area contributed by atoms with Crippen LogP contribution >= 0.6 is 15.9 Å². The van der Waals surface area contributed by atoms with E-state index in [0.717, 1.165) is 10.0 Å². The highest BCUT2D eigenvalue weighted by Crippen LogP contribution is 2.17. The molecule has 0 spiro atoms. The van der Waals surface area contributed by atoms with Crippen molar-refractivity contribution in [2.24, 2.45) is 5.73 Å². The van der Waals surface area contributed by atoms with Gasteiger partial charge in [0.15, 0.2) is 0 Å². The Labute approximate surface area is 102 Å². The number of nitrogens with one attached hydrogen (secondary N) is 2. The zero-order valence-electron chi connectivity index (χ0n) is 8.59. The predicted octanol–water partition coefficient (Wildman–Crippen LogP) is 1.35. The standard InChI is InChI=1S/C10H13BrFN3O/c11-9-5-8(12)2-1-7(9)6-14-3-4-15-10(13)16/h1-2,5,14H,3-4,6H2,(H3,13,15,16). The number of benzene rings is 1. The molecule has 88 valence electrons. The highest BCUT2D eigenvalue weighted by atomic mass is 79.9. The maximum Gasteiger partial charge on any atom is 0.312 e. The number of hydrogen-bond donors (Lipinski definition) is 3. The molecular formula is C10H13BrFN3O. The first-order valence-electron chi connectivity index (χ1n) is 4.77. The molecule has 4 nitrogen and oxygen atoms in total. The van der Waals surface area contributed by atoms with Crippen LogP contribution in [0.15, 0.2) is 22.7 Å². The molecule has 0 aliphatic rings. The van der Waals surface area contributed by atoms with E-state index < -0.39 is 6.03 Å². The van der Waals surface area contributed by atoms with Gasteiger partial charge in [0.2, 0.25) is 0 Å². The monoisotopic (exact) mass is 289 g/mol. The van der Waals surface area contributed by atoms with Gasteiger partial charge < -0.3 is 16.4 Å². The molecule has 2 amide bonds. The van der Waals surface area contributed by atoms with E-state index in [1.807, 2.05) is 0 Å². The third kappa shape index (κ3) is 4.59. The van der Waals surface area contributed by atoms with Gasteiger partial charge in [-0.2, -0.15) is 0 Å². The fraction of sp³-hybridized carbons (Fsp3) is 0.300. The van der Waals surface area contributed by atoms with E-state index in [1.54, 1.807) is 6.07 Å². The van der Waals surface area contributed by atoms with Crippen molar-refractivity contribution < 1.29 is 9.18 Å². The maximum atomic E-state index is 12.8. The third-order valence-corrected chi connectivity index (χ3v) is 2.67. The van der Waals surface area contributed by atoms with E-state index >= 15 is 0 Å². The predicted molar refractivity (Wildman–Crippen MR) is 63.4 cm³/mol. The van der Waals surface area contributed by atoms with Crippen molar-refractivity contribution >= 4 is 22.0 Å². The largest absolute Gasteiger partial charge is 0.352 e. The van der Waals surface area contributed by atoms with Crippen molar-refractivity contribution in [3.05, 3.63) is 34.1 Å². The summed E-state index contributed by atoms with van der Waals surface area (Å²) in [5.74, 6) is -0.272. The Morgan fingerprint density at radius 2 is 2.19 bits per heavy atom. The fourth-order valence-electron chi connectivity index (χ4n) is 1.16. The van der Waals surface area contributed by atoms with Gasteiger partial charge in [0.1, 0.15) is 5.82 Å². The Morgan fingerprint density at radius 1 is 1.44 bits per heavy atom. The summed E-state index contributed by atoms with van der Waals surface area (Å²) in [6.07, 6.45) is 0. The lowest BCUT2D eigenvalue weighted by Crippen LogP contribution is -2.35. The van der Waals surface area contributed by atoms with Crippen LogP contribution in [0.4, 0.5) is 9.18 Å². The second-order valence-electron chi connectivity index (χ2n) is 3.20. The van der Waals surface area contributed by atoms with Crippen LogP contribution in [0.3, 0.4) is 0 Å². The minimum atomic E-state index is -0.537. The summed E-state index contributed by atoms with van der Waals surface area (Å²) >= 11 is 3.27. The summed E-state index contributed by atoms with van der Waals surface area (Å²) in [7, 11) is 0. The second-order valence-corrected chi connectivity index (χ2v) is 4.06. The summed E-state index contributed by atoms with van der Waals surface area (Å²) in [4.78, 5) is 10.4. The van der Waals surface area contributed by atoms with Gasteiger partial charge in [0.05, 0.1) is 0 Å². The van der Waals surface area contributed by atoms with Crippen molar-refractivity contribution in [1.82, 2.24) is 10.6 Å². The van der Waals surface area contributed by atoms with Crippen molar-refractivity contribution in [2.45, 2.75) is 6.54 Å². The molecule has 0 aromatic heterocycles. The zero-order valence-corrected chi connectivity index (χ0v) is 10.2. The van der Waals surface area contributed by atoms with Crippen LogP contribution in [-0.2, 0) is 6.54 Å². The Morgan fingerprint density at radius 3 is 2.81 bits per heavy atom. The minimum Gasteiger partial charge on any atom is -0.352 e. The van der Waals surface area contributed by atoms with Crippen molar-refractivity contribution in [3.8, 4) is 0 Å². The van der Waals surface area contributed by atoms with Crippen molar-refractivity contribution in [1.29, 1.82) is 0 Å². The molecule has 16 heavy (non-hydrogen) atoms. The molecule has 0 heterocycles. The van der Waals surface area contributed by atoms with Gasteiger partial charge in [0, 0.05) is 24.1 Å². The van der Waals surface area contributed by atoms with E-state index in [2.05, 4.69) is 26.6 Å². The molecule has 1 rings (SSSR count). The van der Waals surface area contributed by atoms with Gasteiger partial charge >= 0.3 is 6.03 Å². The molecule has 1 aromatic rings. The first-order chi connectivity index (χ1) is 7.59. The number of nitrogens with two attached hydrogens (primary N) is 1. The van der Waals surface area contributed by atoms with Crippen LogP contribution in [0, 0.1) is 5.82 Å². The highest BCUT2D eigenvalue weighted by Gasteiger charge is 2.00. The molecule has 1 aromatic carbocycles. The smallest absolute Gasteiger partial charge is 0.312 e. The maximum absolute atomic E-state index is 12.8. The average molecular weight is 290 g/mol. The average Bonchev–Trinajstić information content (AvgIpc) is 2.20.